The molecule has 2 aliphatic heterocycles. The fourth-order valence-electron chi connectivity index (χ4n) is 9.69. The van der Waals surface area contributed by atoms with Gasteiger partial charge in [-0.15, -0.1) is 0 Å². The lowest BCUT2D eigenvalue weighted by Gasteiger charge is -2.28. The largest absolute Gasteiger partial charge is 0.465 e. The number of unbranched alkanes of at least 4 members (excludes halogenated alkanes) is 20. The summed E-state index contributed by atoms with van der Waals surface area (Å²) in [6.45, 7) is 11.1. The van der Waals surface area contributed by atoms with Crippen molar-refractivity contribution in [3.05, 3.63) is 12.2 Å². The topological polar surface area (TPSA) is 181 Å². The van der Waals surface area contributed by atoms with Crippen molar-refractivity contribution >= 4 is 41.7 Å². The van der Waals surface area contributed by atoms with E-state index in [1.807, 2.05) is 0 Å². The van der Waals surface area contributed by atoms with Gasteiger partial charge in [0.1, 0.15) is 18.5 Å². The van der Waals surface area contributed by atoms with Crippen LogP contribution in [0.1, 0.15) is 246 Å². The van der Waals surface area contributed by atoms with Gasteiger partial charge in [-0.05, 0) is 57.7 Å². The number of hydrogen-bond donors (Lipinski definition) is 0. The molecule has 1 fully saturated rings. The molecule has 0 aromatic heterocycles. The molecule has 0 N–H and O–H groups in total. The zero-order valence-corrected chi connectivity index (χ0v) is 48.3. The van der Waals surface area contributed by atoms with E-state index in [0.29, 0.717) is 19.4 Å². The van der Waals surface area contributed by atoms with Crippen molar-refractivity contribution in [2.45, 2.75) is 252 Å². The molecule has 0 aromatic carbocycles. The number of ketones is 1. The highest BCUT2D eigenvalue weighted by atomic mass is 16.6. The Morgan fingerprint density at radius 2 is 0.842 bits per heavy atom. The normalized spacial score (nSPS) is 15.8. The van der Waals surface area contributed by atoms with Crippen LogP contribution in [-0.4, -0.2) is 123 Å². The lowest BCUT2D eigenvalue weighted by Crippen LogP contribution is -2.41. The molecule has 2 heterocycles. The molecule has 15 heteroatoms. The fourth-order valence-corrected chi connectivity index (χ4v) is 9.69. The van der Waals surface area contributed by atoms with Gasteiger partial charge in [0.2, 0.25) is 0 Å². The standard InChI is InChI=1S/C61H106N2O13/c1-5-9-13-17-21-26-32-56(65)72-47-52(48-73-57(66)33-27-22-18-14-10-6-2)43-54(64)42-51-36-37-55(46-63(45-51)61(70)71-41-40-62-38-30-25-31-39-62)76-60(69)44-53(49-74-58(67)34-28-23-19-15-11-7-3)50-75-59(68)35-29-24-20-16-12-8-4/h36-37,51-53,55H,5-35,38-50H2,1-4H3/t51-,55-/m0/s1. The number of carbonyl (C=O) groups is 7. The molecule has 2 rings (SSSR count). The first kappa shape index (κ1) is 68.1. The minimum Gasteiger partial charge on any atom is -0.465 e. The second kappa shape index (κ2) is 46.0. The van der Waals surface area contributed by atoms with Crippen LogP contribution < -0.4 is 0 Å². The molecule has 0 bridgehead atoms. The van der Waals surface area contributed by atoms with E-state index in [4.69, 9.17) is 28.4 Å². The monoisotopic (exact) mass is 1070 g/mol. The predicted molar refractivity (Wildman–Crippen MR) is 297 cm³/mol. The molecule has 15 nitrogen and oxygen atoms in total. The van der Waals surface area contributed by atoms with Crippen molar-refractivity contribution in [3.63, 3.8) is 0 Å². The summed E-state index contributed by atoms with van der Waals surface area (Å²) >= 11 is 0. The number of piperidine rings is 1. The number of carbonyl (C=O) groups excluding carboxylic acids is 7. The van der Waals surface area contributed by atoms with Gasteiger partial charge in [0.05, 0.1) is 39.4 Å². The third-order valence-electron chi connectivity index (χ3n) is 14.4. The maximum Gasteiger partial charge on any atom is 0.409 e. The lowest BCUT2D eigenvalue weighted by atomic mass is 9.95. The Balaban J connectivity index is 2.19. The summed E-state index contributed by atoms with van der Waals surface area (Å²) in [4.78, 5) is 96.4. The summed E-state index contributed by atoms with van der Waals surface area (Å²) in [6.07, 6.45) is 31.0. The van der Waals surface area contributed by atoms with Gasteiger partial charge >= 0.3 is 35.9 Å². The van der Waals surface area contributed by atoms with Gasteiger partial charge in [-0.1, -0.05) is 169 Å². The Bertz CT molecular complexity index is 1440. The van der Waals surface area contributed by atoms with Crippen LogP contribution in [0.3, 0.4) is 0 Å². The Hall–Kier alpha value is -4.01. The number of likely N-dealkylation sites (tertiary alicyclic amines) is 1. The third-order valence-corrected chi connectivity index (χ3v) is 14.4. The van der Waals surface area contributed by atoms with Crippen molar-refractivity contribution < 1.29 is 62.0 Å². The maximum atomic E-state index is 14.0. The van der Waals surface area contributed by atoms with Crippen LogP contribution >= 0.6 is 0 Å². The smallest absolute Gasteiger partial charge is 0.409 e. The molecule has 0 aromatic rings. The number of ether oxygens (including phenoxy) is 6. The van der Waals surface area contributed by atoms with E-state index in [1.165, 1.54) is 37.0 Å². The van der Waals surface area contributed by atoms with Gasteiger partial charge in [0, 0.05) is 69.4 Å². The molecule has 2 aliphatic rings. The van der Waals surface area contributed by atoms with Crippen LogP contribution in [0, 0.1) is 17.8 Å². The van der Waals surface area contributed by atoms with Gasteiger partial charge in [-0.2, -0.15) is 0 Å². The van der Waals surface area contributed by atoms with Crippen LogP contribution in [0.5, 0.6) is 0 Å². The molecule has 1 amide bonds. The van der Waals surface area contributed by atoms with Gasteiger partial charge in [-0.25, -0.2) is 4.79 Å². The molecular formula is C61H106N2O13. The van der Waals surface area contributed by atoms with E-state index >= 15 is 0 Å². The highest BCUT2D eigenvalue weighted by Crippen LogP contribution is 2.22. The third kappa shape index (κ3) is 36.9. The Morgan fingerprint density at radius 1 is 0.447 bits per heavy atom. The fraction of sp³-hybridized carbons (Fsp3) is 0.852. The molecule has 0 aliphatic carbocycles. The molecule has 2 atom stereocenters. The Morgan fingerprint density at radius 3 is 1.26 bits per heavy atom. The van der Waals surface area contributed by atoms with Gasteiger partial charge in [0.15, 0.2) is 0 Å². The summed E-state index contributed by atoms with van der Waals surface area (Å²) in [5.41, 5.74) is 0. The van der Waals surface area contributed by atoms with Crippen LogP contribution in [0.25, 0.3) is 0 Å². The second-order valence-corrected chi connectivity index (χ2v) is 21.8. The number of amides is 1. The van der Waals surface area contributed by atoms with Crippen molar-refractivity contribution in [2.24, 2.45) is 17.8 Å². The molecule has 438 valence electrons. The average Bonchev–Trinajstić information content (AvgIpc) is 3.61. The van der Waals surface area contributed by atoms with Gasteiger partial charge in [0.25, 0.3) is 0 Å². The predicted octanol–water partition coefficient (Wildman–Crippen LogP) is 13.2. The summed E-state index contributed by atoms with van der Waals surface area (Å²) in [5, 5.41) is 0. The second-order valence-electron chi connectivity index (χ2n) is 21.8. The van der Waals surface area contributed by atoms with E-state index in [9.17, 15) is 33.6 Å². The number of rotatable bonds is 46. The quantitative estimate of drug-likeness (QED) is 0.0243. The van der Waals surface area contributed by atoms with E-state index < -0.39 is 35.9 Å². The summed E-state index contributed by atoms with van der Waals surface area (Å²) in [5.74, 6) is -3.86. The van der Waals surface area contributed by atoms with Crippen LogP contribution in [0.2, 0.25) is 0 Å². The first-order valence-electron chi connectivity index (χ1n) is 30.6. The van der Waals surface area contributed by atoms with Crippen molar-refractivity contribution in [2.75, 3.05) is 65.8 Å². The highest BCUT2D eigenvalue weighted by Gasteiger charge is 2.30. The Labute approximate surface area is 459 Å². The van der Waals surface area contributed by atoms with Gasteiger partial charge < -0.3 is 33.3 Å². The summed E-state index contributed by atoms with van der Waals surface area (Å²) < 4.78 is 34.4. The number of Topliss-reactive ketones (excluding diaryl/α,β-unsaturated/α-hetero) is 1. The molecule has 1 saturated heterocycles. The van der Waals surface area contributed by atoms with Crippen molar-refractivity contribution in [1.82, 2.24) is 9.80 Å². The first-order chi connectivity index (χ1) is 37.0. The minimum atomic E-state index is -0.890. The summed E-state index contributed by atoms with van der Waals surface area (Å²) in [6, 6.07) is 0. The molecule has 0 saturated carbocycles. The Kier molecular flexibility index (Phi) is 41.2. The van der Waals surface area contributed by atoms with E-state index in [0.717, 1.165) is 142 Å². The van der Waals surface area contributed by atoms with E-state index in [-0.39, 0.29) is 121 Å². The molecule has 0 unspecified atom stereocenters. The average molecular weight is 1080 g/mol. The lowest BCUT2D eigenvalue weighted by molar-refractivity contribution is -0.156. The minimum absolute atomic E-state index is 0.00785. The zero-order valence-electron chi connectivity index (χ0n) is 48.3. The van der Waals surface area contributed by atoms with Crippen LogP contribution in [0.15, 0.2) is 12.2 Å². The van der Waals surface area contributed by atoms with Crippen LogP contribution in [0.4, 0.5) is 4.79 Å². The number of hydrogen-bond acceptors (Lipinski definition) is 14. The maximum absolute atomic E-state index is 14.0. The molecule has 76 heavy (non-hydrogen) atoms. The zero-order chi connectivity index (χ0) is 55.3. The number of esters is 5. The van der Waals surface area contributed by atoms with E-state index in [1.54, 1.807) is 12.2 Å². The summed E-state index contributed by atoms with van der Waals surface area (Å²) in [7, 11) is 0. The highest BCUT2D eigenvalue weighted by molar-refractivity contribution is 5.79. The molecule has 0 radical (unpaired) electrons. The number of nitrogens with zero attached hydrogens (tertiary/aromatic N) is 2. The van der Waals surface area contributed by atoms with Crippen molar-refractivity contribution in [3.8, 4) is 0 Å². The molecular weight excluding hydrogens is 969 g/mol. The van der Waals surface area contributed by atoms with Crippen molar-refractivity contribution in [1.29, 1.82) is 0 Å². The van der Waals surface area contributed by atoms with Crippen LogP contribution in [-0.2, 0) is 57.2 Å². The van der Waals surface area contributed by atoms with Gasteiger partial charge in [-0.3, -0.25) is 33.7 Å². The first-order valence-corrected chi connectivity index (χ1v) is 30.6. The van der Waals surface area contributed by atoms with E-state index in [2.05, 4.69) is 32.6 Å². The SMILES string of the molecule is CCCCCCCCC(=O)OCC(COC(=O)CCCCCCCC)CC(=O)C[C@@H]1C=C[C@H](OC(=O)CC(COC(=O)CCCCCCCC)COC(=O)CCCCCCCC)CN(C(=O)OCCN2CCCCC2)C1. The molecule has 0 spiro atoms.